The number of rotatable bonds is 10. The van der Waals surface area contributed by atoms with Crippen LogP contribution >= 0.6 is 0 Å². The van der Waals surface area contributed by atoms with Crippen LogP contribution in [0.4, 0.5) is 0 Å². The maximum atomic E-state index is 10.4. The molecule has 0 aromatic carbocycles. The summed E-state index contributed by atoms with van der Waals surface area (Å²) in [6.45, 7) is 3.56. The number of aliphatic carboxylic acids is 1. The van der Waals surface area contributed by atoms with Crippen LogP contribution in [0.3, 0.4) is 0 Å². The van der Waals surface area contributed by atoms with Crippen molar-refractivity contribution in [2.45, 2.75) is 45.1 Å². The zero-order valence-electron chi connectivity index (χ0n) is 11.9. The number of carboxylic acids is 1. The number of aliphatic hydroxyl groups is 1. The van der Waals surface area contributed by atoms with Gasteiger partial charge in [-0.3, -0.25) is 4.79 Å². The van der Waals surface area contributed by atoms with Crippen molar-refractivity contribution < 1.29 is 19.5 Å². The van der Waals surface area contributed by atoms with E-state index in [2.05, 4.69) is 19.1 Å². The molecule has 0 aliphatic heterocycles. The number of carbonyl (C=O) groups is 1. The van der Waals surface area contributed by atoms with E-state index >= 15 is 0 Å². The average Bonchev–Trinajstić information content (AvgIpc) is 2.22. The summed E-state index contributed by atoms with van der Waals surface area (Å²) in [4.78, 5) is 10.4. The van der Waals surface area contributed by atoms with E-state index in [9.17, 15) is 9.90 Å². The quantitative estimate of drug-likeness (QED) is 0.466. The topological polar surface area (TPSA) is 57.5 Å². The third-order valence-electron chi connectivity index (χ3n) is 2.93. The van der Waals surface area contributed by atoms with Crippen LogP contribution in [0.25, 0.3) is 0 Å². The van der Waals surface area contributed by atoms with E-state index in [1.807, 2.05) is 14.1 Å². The van der Waals surface area contributed by atoms with Crippen LogP contribution in [0.2, 0.25) is 0 Å². The Hall–Kier alpha value is -0.870. The number of allylic oxidation sites excluding steroid dienone is 2. The highest BCUT2D eigenvalue weighted by molar-refractivity contribution is 5.66. The second kappa shape index (κ2) is 9.11. The zero-order chi connectivity index (χ0) is 14.0. The van der Waals surface area contributed by atoms with Crippen LogP contribution in [0.1, 0.15) is 39.0 Å². The minimum Gasteiger partial charge on any atom is -0.481 e. The third-order valence-corrected chi connectivity index (χ3v) is 2.93. The lowest BCUT2D eigenvalue weighted by molar-refractivity contribution is -0.893. The Morgan fingerprint density at radius 2 is 2.00 bits per heavy atom. The van der Waals surface area contributed by atoms with Crippen molar-refractivity contribution in [3.8, 4) is 0 Å². The van der Waals surface area contributed by atoms with Crippen molar-refractivity contribution >= 4 is 5.97 Å². The second-order valence-corrected chi connectivity index (χ2v) is 5.45. The van der Waals surface area contributed by atoms with Gasteiger partial charge in [0.2, 0.25) is 0 Å². The van der Waals surface area contributed by atoms with E-state index in [0.717, 1.165) is 25.8 Å². The van der Waals surface area contributed by atoms with Crippen molar-refractivity contribution in [1.29, 1.82) is 0 Å². The third kappa shape index (κ3) is 10.3. The molecule has 0 saturated carbocycles. The summed E-state index contributed by atoms with van der Waals surface area (Å²) in [6.07, 6.45) is 7.48. The monoisotopic (exact) mass is 258 g/mol. The molecule has 0 aliphatic carbocycles. The first-order chi connectivity index (χ1) is 8.37. The Morgan fingerprint density at radius 3 is 2.56 bits per heavy atom. The van der Waals surface area contributed by atoms with Gasteiger partial charge in [-0.2, -0.15) is 0 Å². The standard InChI is InChI=1S/C14H27NO3/c1-4-5-6-7-9-13(16)12-15(2,3)11-8-10-14(17)18/h5-6,13,16H,4,7-12H2,1-3H3/p+1/b6-5+. The summed E-state index contributed by atoms with van der Waals surface area (Å²) in [6, 6.07) is 0. The normalized spacial score (nSPS) is 14.0. The molecule has 0 spiro atoms. The molecule has 4 nitrogen and oxygen atoms in total. The molecule has 0 heterocycles. The van der Waals surface area contributed by atoms with Gasteiger partial charge in [0.1, 0.15) is 12.6 Å². The highest BCUT2D eigenvalue weighted by Gasteiger charge is 2.20. The molecule has 4 heteroatoms. The Bertz CT molecular complexity index is 262. The smallest absolute Gasteiger partial charge is 0.303 e. The summed E-state index contributed by atoms with van der Waals surface area (Å²) in [7, 11) is 4.07. The Morgan fingerprint density at radius 1 is 1.33 bits per heavy atom. The van der Waals surface area contributed by atoms with Crippen molar-refractivity contribution in [2.24, 2.45) is 0 Å². The summed E-state index contributed by atoms with van der Waals surface area (Å²) < 4.78 is 0.673. The van der Waals surface area contributed by atoms with Crippen LogP contribution in [-0.4, -0.2) is 54.0 Å². The highest BCUT2D eigenvalue weighted by atomic mass is 16.4. The molecule has 0 aromatic heterocycles. The van der Waals surface area contributed by atoms with Crippen LogP contribution in [0, 0.1) is 0 Å². The van der Waals surface area contributed by atoms with Gasteiger partial charge in [-0.1, -0.05) is 19.1 Å². The molecule has 2 N–H and O–H groups in total. The first kappa shape index (κ1) is 17.1. The van der Waals surface area contributed by atoms with Gasteiger partial charge >= 0.3 is 5.97 Å². The average molecular weight is 258 g/mol. The molecule has 1 atom stereocenters. The number of aliphatic hydroxyl groups excluding tert-OH is 1. The molecule has 18 heavy (non-hydrogen) atoms. The largest absolute Gasteiger partial charge is 0.481 e. The maximum Gasteiger partial charge on any atom is 0.303 e. The lowest BCUT2D eigenvalue weighted by atomic mass is 10.1. The van der Waals surface area contributed by atoms with Gasteiger partial charge in [0, 0.05) is 6.42 Å². The van der Waals surface area contributed by atoms with Crippen LogP contribution in [-0.2, 0) is 4.79 Å². The fourth-order valence-corrected chi connectivity index (χ4v) is 1.98. The summed E-state index contributed by atoms with van der Waals surface area (Å²) >= 11 is 0. The van der Waals surface area contributed by atoms with Crippen molar-refractivity contribution in [3.05, 3.63) is 12.2 Å². The number of hydrogen-bond donors (Lipinski definition) is 2. The van der Waals surface area contributed by atoms with Gasteiger partial charge < -0.3 is 14.7 Å². The van der Waals surface area contributed by atoms with E-state index in [-0.39, 0.29) is 12.5 Å². The van der Waals surface area contributed by atoms with E-state index < -0.39 is 5.97 Å². The lowest BCUT2D eigenvalue weighted by Gasteiger charge is -2.31. The summed E-state index contributed by atoms with van der Waals surface area (Å²) in [5, 5.41) is 18.5. The molecule has 0 aliphatic rings. The van der Waals surface area contributed by atoms with Crippen LogP contribution in [0.5, 0.6) is 0 Å². The minimum atomic E-state index is -0.750. The van der Waals surface area contributed by atoms with Gasteiger partial charge in [-0.25, -0.2) is 0 Å². The van der Waals surface area contributed by atoms with Gasteiger partial charge in [0.15, 0.2) is 0 Å². The fourth-order valence-electron chi connectivity index (χ4n) is 1.98. The molecule has 0 amide bonds. The Balaban J connectivity index is 3.84. The predicted molar refractivity (Wildman–Crippen MR) is 73.4 cm³/mol. The van der Waals surface area contributed by atoms with Gasteiger partial charge in [-0.05, 0) is 19.3 Å². The minimum absolute atomic E-state index is 0.205. The molecular formula is C14H28NO3+. The molecular weight excluding hydrogens is 230 g/mol. The van der Waals surface area contributed by atoms with E-state index in [4.69, 9.17) is 5.11 Å². The summed E-state index contributed by atoms with van der Waals surface area (Å²) in [5.74, 6) is -0.750. The molecule has 1 unspecified atom stereocenters. The first-order valence-corrected chi connectivity index (χ1v) is 6.74. The lowest BCUT2D eigenvalue weighted by Crippen LogP contribution is -2.46. The Labute approximate surface area is 111 Å². The van der Waals surface area contributed by atoms with Crippen molar-refractivity contribution in [1.82, 2.24) is 0 Å². The van der Waals surface area contributed by atoms with E-state index in [1.54, 1.807) is 0 Å². The second-order valence-electron chi connectivity index (χ2n) is 5.45. The van der Waals surface area contributed by atoms with E-state index in [0.29, 0.717) is 17.4 Å². The van der Waals surface area contributed by atoms with Gasteiger partial charge in [-0.15, -0.1) is 0 Å². The zero-order valence-corrected chi connectivity index (χ0v) is 11.9. The molecule has 0 aromatic rings. The van der Waals surface area contributed by atoms with Gasteiger partial charge in [0.25, 0.3) is 0 Å². The number of carboxylic acid groups (broad SMARTS) is 1. The van der Waals surface area contributed by atoms with Crippen LogP contribution in [0.15, 0.2) is 12.2 Å². The number of hydrogen-bond acceptors (Lipinski definition) is 2. The van der Waals surface area contributed by atoms with Crippen LogP contribution < -0.4 is 0 Å². The number of quaternary nitrogens is 1. The van der Waals surface area contributed by atoms with Gasteiger partial charge in [0.05, 0.1) is 27.1 Å². The highest BCUT2D eigenvalue weighted by Crippen LogP contribution is 2.08. The maximum absolute atomic E-state index is 10.4. The molecule has 0 rings (SSSR count). The summed E-state index contributed by atoms with van der Waals surface area (Å²) in [5.41, 5.74) is 0. The Kier molecular flexibility index (Phi) is 8.67. The first-order valence-electron chi connectivity index (χ1n) is 6.74. The number of nitrogens with zero attached hydrogens (tertiary/aromatic N) is 1. The molecule has 0 bridgehead atoms. The van der Waals surface area contributed by atoms with Crippen molar-refractivity contribution in [3.63, 3.8) is 0 Å². The SMILES string of the molecule is CC/C=C/CCC(O)C[N+](C)(C)CCCC(=O)O. The number of likely N-dealkylation sites (N-methyl/N-ethyl adjacent to an activating group) is 1. The molecule has 106 valence electrons. The molecule has 0 radical (unpaired) electrons. The predicted octanol–water partition coefficient (Wildman–Crippen LogP) is 2.03. The van der Waals surface area contributed by atoms with Crippen molar-refractivity contribution in [2.75, 3.05) is 27.2 Å². The molecule has 0 fully saturated rings. The molecule has 0 saturated heterocycles. The fraction of sp³-hybridized carbons (Fsp3) is 0.786. The van der Waals surface area contributed by atoms with E-state index in [1.165, 1.54) is 0 Å².